The van der Waals surface area contributed by atoms with Crippen molar-refractivity contribution in [3.05, 3.63) is 35.4 Å². The Morgan fingerprint density at radius 2 is 1.83 bits per heavy atom. The molecule has 0 saturated carbocycles. The van der Waals surface area contributed by atoms with Crippen LogP contribution in [0, 0.1) is 0 Å². The molecule has 2 amide bonds. The fourth-order valence-corrected chi connectivity index (χ4v) is 3.34. The number of amides is 2. The van der Waals surface area contributed by atoms with Gasteiger partial charge in [0.05, 0.1) is 0 Å². The zero-order valence-corrected chi connectivity index (χ0v) is 14.5. The fraction of sp³-hybridized carbons (Fsp3) is 0.579. The first-order valence-electron chi connectivity index (χ1n) is 8.82. The molecular weight excluding hydrogens is 288 g/mol. The summed E-state index contributed by atoms with van der Waals surface area (Å²) in [5.41, 5.74) is 1.23. The van der Waals surface area contributed by atoms with Crippen molar-refractivity contribution in [1.82, 2.24) is 9.80 Å². The Labute approximate surface area is 139 Å². The standard InChI is InChI=1S/C19H28N2O2/c1-4-17-12-7-8-13-21(17)19(23)16-11-9-10-15(14-16)18(22)20(5-2)6-3/h9-11,14,17H,4-8,12-13H2,1-3H3. The SMILES string of the molecule is CCC1CCCCN1C(=O)c1cccc(C(=O)N(CC)CC)c1. The van der Waals surface area contributed by atoms with Crippen LogP contribution in [0.5, 0.6) is 0 Å². The maximum Gasteiger partial charge on any atom is 0.254 e. The molecule has 23 heavy (non-hydrogen) atoms. The molecule has 126 valence electrons. The molecule has 1 unspecified atom stereocenters. The predicted octanol–water partition coefficient (Wildman–Crippen LogP) is 3.57. The molecule has 0 radical (unpaired) electrons. The summed E-state index contributed by atoms with van der Waals surface area (Å²) in [5.74, 6) is 0.0566. The van der Waals surface area contributed by atoms with Crippen molar-refractivity contribution in [1.29, 1.82) is 0 Å². The monoisotopic (exact) mass is 316 g/mol. The average molecular weight is 316 g/mol. The van der Waals surface area contributed by atoms with Gasteiger partial charge in [-0.05, 0) is 57.7 Å². The molecule has 4 heteroatoms. The molecule has 0 bridgehead atoms. The molecule has 2 rings (SSSR count). The van der Waals surface area contributed by atoms with Gasteiger partial charge in [-0.3, -0.25) is 9.59 Å². The lowest BCUT2D eigenvalue weighted by Gasteiger charge is -2.35. The number of rotatable bonds is 5. The smallest absolute Gasteiger partial charge is 0.254 e. The van der Waals surface area contributed by atoms with Gasteiger partial charge in [-0.1, -0.05) is 13.0 Å². The van der Waals surface area contributed by atoms with E-state index in [1.54, 1.807) is 17.0 Å². The number of piperidine rings is 1. The van der Waals surface area contributed by atoms with Crippen molar-refractivity contribution in [2.45, 2.75) is 52.5 Å². The van der Waals surface area contributed by atoms with Crippen LogP contribution in [0.4, 0.5) is 0 Å². The number of hydrogen-bond donors (Lipinski definition) is 0. The first-order valence-corrected chi connectivity index (χ1v) is 8.82. The van der Waals surface area contributed by atoms with Crippen molar-refractivity contribution in [3.63, 3.8) is 0 Å². The van der Waals surface area contributed by atoms with Gasteiger partial charge in [0.15, 0.2) is 0 Å². The van der Waals surface area contributed by atoms with Crippen molar-refractivity contribution < 1.29 is 9.59 Å². The largest absolute Gasteiger partial charge is 0.339 e. The summed E-state index contributed by atoms with van der Waals surface area (Å²) in [7, 11) is 0. The van der Waals surface area contributed by atoms with Gasteiger partial charge >= 0.3 is 0 Å². The van der Waals surface area contributed by atoms with Gasteiger partial charge in [0.1, 0.15) is 0 Å². The van der Waals surface area contributed by atoms with Gasteiger partial charge in [-0.2, -0.15) is 0 Å². The third kappa shape index (κ3) is 3.92. The third-order valence-electron chi connectivity index (χ3n) is 4.77. The van der Waals surface area contributed by atoms with Crippen LogP contribution in [0.15, 0.2) is 24.3 Å². The van der Waals surface area contributed by atoms with Crippen LogP contribution in [-0.2, 0) is 0 Å². The number of carbonyl (C=O) groups is 2. The molecule has 0 spiro atoms. The number of carbonyl (C=O) groups excluding carboxylic acids is 2. The summed E-state index contributed by atoms with van der Waals surface area (Å²) >= 11 is 0. The lowest BCUT2D eigenvalue weighted by atomic mass is 9.98. The van der Waals surface area contributed by atoms with E-state index >= 15 is 0 Å². The van der Waals surface area contributed by atoms with Gasteiger partial charge in [0, 0.05) is 36.8 Å². The summed E-state index contributed by atoms with van der Waals surface area (Å²) in [6.45, 7) is 8.25. The van der Waals surface area contributed by atoms with Crippen LogP contribution in [0.25, 0.3) is 0 Å². The van der Waals surface area contributed by atoms with Crippen molar-refractivity contribution in [2.24, 2.45) is 0 Å². The summed E-state index contributed by atoms with van der Waals surface area (Å²) in [6.07, 6.45) is 4.34. The van der Waals surface area contributed by atoms with Crippen LogP contribution >= 0.6 is 0 Å². The third-order valence-corrected chi connectivity index (χ3v) is 4.77. The summed E-state index contributed by atoms with van der Waals surface area (Å²) in [5, 5.41) is 0. The molecule has 1 aliphatic heterocycles. The average Bonchev–Trinajstić information content (AvgIpc) is 2.62. The lowest BCUT2D eigenvalue weighted by molar-refractivity contribution is 0.0608. The second kappa shape index (κ2) is 8.14. The van der Waals surface area contributed by atoms with E-state index in [9.17, 15) is 9.59 Å². The summed E-state index contributed by atoms with van der Waals surface area (Å²) < 4.78 is 0. The van der Waals surface area contributed by atoms with E-state index in [0.717, 1.165) is 25.8 Å². The second-order valence-electron chi connectivity index (χ2n) is 6.11. The Bertz CT molecular complexity index is 552. The fourth-order valence-electron chi connectivity index (χ4n) is 3.34. The number of likely N-dealkylation sites (tertiary alicyclic amines) is 1. The molecule has 0 aromatic heterocycles. The highest BCUT2D eigenvalue weighted by Gasteiger charge is 2.26. The van der Waals surface area contributed by atoms with Gasteiger partial charge in [-0.15, -0.1) is 0 Å². The number of benzene rings is 1. The molecule has 0 N–H and O–H groups in total. The number of hydrogen-bond acceptors (Lipinski definition) is 2. The predicted molar refractivity (Wildman–Crippen MR) is 92.7 cm³/mol. The first kappa shape index (κ1) is 17.5. The Kier molecular flexibility index (Phi) is 6.20. The van der Waals surface area contributed by atoms with Crippen LogP contribution < -0.4 is 0 Å². The highest BCUT2D eigenvalue weighted by Crippen LogP contribution is 2.22. The zero-order chi connectivity index (χ0) is 16.8. The molecule has 1 fully saturated rings. The Balaban J connectivity index is 2.21. The van der Waals surface area contributed by atoms with E-state index in [1.165, 1.54) is 6.42 Å². The van der Waals surface area contributed by atoms with Gasteiger partial charge in [-0.25, -0.2) is 0 Å². The Morgan fingerprint density at radius 3 is 2.48 bits per heavy atom. The van der Waals surface area contributed by atoms with Gasteiger partial charge in [0.2, 0.25) is 0 Å². The maximum absolute atomic E-state index is 12.9. The van der Waals surface area contributed by atoms with E-state index in [4.69, 9.17) is 0 Å². The molecule has 1 heterocycles. The van der Waals surface area contributed by atoms with Crippen molar-refractivity contribution >= 4 is 11.8 Å². The van der Waals surface area contributed by atoms with Gasteiger partial charge in [0.25, 0.3) is 11.8 Å². The Hall–Kier alpha value is -1.84. The summed E-state index contributed by atoms with van der Waals surface area (Å²) in [4.78, 5) is 29.1. The van der Waals surface area contributed by atoms with Crippen LogP contribution in [0.2, 0.25) is 0 Å². The molecule has 1 aromatic carbocycles. The minimum atomic E-state index is -0.00432. The molecule has 4 nitrogen and oxygen atoms in total. The van der Waals surface area contributed by atoms with E-state index in [1.807, 2.05) is 30.9 Å². The Morgan fingerprint density at radius 1 is 1.13 bits per heavy atom. The van der Waals surface area contributed by atoms with Crippen LogP contribution in [0.1, 0.15) is 67.2 Å². The van der Waals surface area contributed by atoms with E-state index in [2.05, 4.69) is 6.92 Å². The van der Waals surface area contributed by atoms with Crippen LogP contribution in [0.3, 0.4) is 0 Å². The topological polar surface area (TPSA) is 40.6 Å². The molecule has 1 saturated heterocycles. The molecule has 0 aliphatic carbocycles. The molecular formula is C19H28N2O2. The lowest BCUT2D eigenvalue weighted by Crippen LogP contribution is -2.43. The maximum atomic E-state index is 12.9. The summed E-state index contributed by atoms with van der Waals surface area (Å²) in [6, 6.07) is 7.52. The van der Waals surface area contributed by atoms with Crippen molar-refractivity contribution in [2.75, 3.05) is 19.6 Å². The van der Waals surface area contributed by atoms with Gasteiger partial charge < -0.3 is 9.80 Å². The minimum absolute atomic E-state index is 0.00432. The highest BCUT2D eigenvalue weighted by atomic mass is 16.2. The normalized spacial score (nSPS) is 17.9. The highest BCUT2D eigenvalue weighted by molar-refractivity contribution is 5.99. The zero-order valence-electron chi connectivity index (χ0n) is 14.5. The minimum Gasteiger partial charge on any atom is -0.339 e. The van der Waals surface area contributed by atoms with E-state index in [0.29, 0.717) is 30.3 Å². The first-order chi connectivity index (χ1) is 11.1. The quantitative estimate of drug-likeness (QED) is 0.833. The molecule has 1 atom stereocenters. The number of nitrogens with zero attached hydrogens (tertiary/aromatic N) is 2. The van der Waals surface area contributed by atoms with E-state index < -0.39 is 0 Å². The molecule has 1 aromatic rings. The molecule has 1 aliphatic rings. The second-order valence-corrected chi connectivity index (χ2v) is 6.11. The van der Waals surface area contributed by atoms with Crippen LogP contribution in [-0.4, -0.2) is 47.3 Å². The van der Waals surface area contributed by atoms with E-state index in [-0.39, 0.29) is 11.8 Å². The van der Waals surface area contributed by atoms with Crippen molar-refractivity contribution in [3.8, 4) is 0 Å².